The molecule has 1 aliphatic heterocycles. The second kappa shape index (κ2) is 10.8. The lowest BCUT2D eigenvalue weighted by Gasteiger charge is -2.17. The highest BCUT2D eigenvalue weighted by Crippen LogP contribution is 2.21. The first-order chi connectivity index (χ1) is 16.1. The Bertz CT molecular complexity index is 1080. The van der Waals surface area contributed by atoms with Crippen molar-refractivity contribution in [2.24, 2.45) is 10.9 Å². The van der Waals surface area contributed by atoms with Crippen LogP contribution in [0.25, 0.3) is 11.3 Å². The molecule has 2 heterocycles. The maximum absolute atomic E-state index is 12.4. The molecule has 1 atom stereocenters. The standard InChI is InChI=1S/C26H31N5O2/c1-19-8-10-22(11-9-19)23-16-28-24(33-23)17-30-26(27-2)29-15-21-14-25(32)31(18-21)13-12-20-6-4-3-5-7-20/h3-11,16,21H,12-15,17-18H2,1-2H3,(H2,27,29,30). The fourth-order valence-electron chi connectivity index (χ4n) is 3.98. The number of amides is 1. The van der Waals surface area contributed by atoms with Crippen molar-refractivity contribution in [3.63, 3.8) is 0 Å². The van der Waals surface area contributed by atoms with Crippen LogP contribution >= 0.6 is 0 Å². The van der Waals surface area contributed by atoms with Gasteiger partial charge in [-0.05, 0) is 18.9 Å². The molecule has 0 aliphatic carbocycles. The number of aliphatic imine (C=N–C) groups is 1. The summed E-state index contributed by atoms with van der Waals surface area (Å²) in [5, 5.41) is 6.57. The molecule has 0 saturated carbocycles. The number of likely N-dealkylation sites (tertiary alicyclic amines) is 1. The van der Waals surface area contributed by atoms with Crippen molar-refractivity contribution in [2.45, 2.75) is 26.3 Å². The van der Waals surface area contributed by atoms with Crippen LogP contribution in [-0.2, 0) is 17.8 Å². The molecule has 0 radical (unpaired) electrons. The molecule has 1 aliphatic rings. The van der Waals surface area contributed by atoms with Gasteiger partial charge in [0.15, 0.2) is 11.7 Å². The smallest absolute Gasteiger partial charge is 0.223 e. The third-order valence-corrected chi connectivity index (χ3v) is 5.89. The van der Waals surface area contributed by atoms with Crippen molar-refractivity contribution in [3.05, 3.63) is 77.8 Å². The first-order valence-electron chi connectivity index (χ1n) is 11.4. The van der Waals surface area contributed by atoms with E-state index in [1.165, 1.54) is 11.1 Å². The Hall–Kier alpha value is -3.61. The van der Waals surface area contributed by atoms with E-state index in [4.69, 9.17) is 4.42 Å². The number of carbonyl (C=O) groups is 1. The predicted octanol–water partition coefficient (Wildman–Crippen LogP) is 3.41. The maximum Gasteiger partial charge on any atom is 0.223 e. The first-order valence-corrected chi connectivity index (χ1v) is 11.4. The summed E-state index contributed by atoms with van der Waals surface area (Å²) >= 11 is 0. The Labute approximate surface area is 194 Å². The van der Waals surface area contributed by atoms with Crippen molar-refractivity contribution in [1.82, 2.24) is 20.5 Å². The molecule has 172 valence electrons. The van der Waals surface area contributed by atoms with Gasteiger partial charge in [-0.25, -0.2) is 4.98 Å². The summed E-state index contributed by atoms with van der Waals surface area (Å²) in [6.07, 6.45) is 3.20. The highest BCUT2D eigenvalue weighted by atomic mass is 16.4. The minimum atomic E-state index is 0.226. The topological polar surface area (TPSA) is 82.8 Å². The Balaban J connectivity index is 1.21. The zero-order valence-electron chi connectivity index (χ0n) is 19.3. The first kappa shape index (κ1) is 22.6. The maximum atomic E-state index is 12.4. The summed E-state index contributed by atoms with van der Waals surface area (Å²) in [5.74, 6) is 2.50. The molecule has 4 rings (SSSR count). The van der Waals surface area contributed by atoms with E-state index in [-0.39, 0.29) is 11.8 Å². The molecule has 1 amide bonds. The Morgan fingerprint density at radius 1 is 1.15 bits per heavy atom. The van der Waals surface area contributed by atoms with Crippen LogP contribution in [-0.4, -0.2) is 48.4 Å². The Morgan fingerprint density at radius 3 is 2.70 bits per heavy atom. The van der Waals surface area contributed by atoms with E-state index in [0.29, 0.717) is 31.4 Å². The lowest BCUT2D eigenvalue weighted by Crippen LogP contribution is -2.40. The third-order valence-electron chi connectivity index (χ3n) is 5.89. The van der Waals surface area contributed by atoms with E-state index < -0.39 is 0 Å². The molecule has 1 fully saturated rings. The molecular formula is C26H31N5O2. The van der Waals surface area contributed by atoms with Crippen molar-refractivity contribution >= 4 is 11.9 Å². The van der Waals surface area contributed by atoms with Crippen molar-refractivity contribution in [1.29, 1.82) is 0 Å². The van der Waals surface area contributed by atoms with Crippen molar-refractivity contribution in [2.75, 3.05) is 26.7 Å². The summed E-state index contributed by atoms with van der Waals surface area (Å²) < 4.78 is 5.87. The number of hydrogen-bond acceptors (Lipinski definition) is 4. The number of carbonyl (C=O) groups excluding carboxylic acids is 1. The van der Waals surface area contributed by atoms with Crippen LogP contribution in [0, 0.1) is 12.8 Å². The molecule has 2 N–H and O–H groups in total. The number of guanidine groups is 1. The van der Waals surface area contributed by atoms with Gasteiger partial charge in [0.2, 0.25) is 11.8 Å². The Kier molecular flexibility index (Phi) is 7.40. The van der Waals surface area contributed by atoms with E-state index in [0.717, 1.165) is 30.8 Å². The summed E-state index contributed by atoms with van der Waals surface area (Å²) in [7, 11) is 1.73. The van der Waals surface area contributed by atoms with Gasteiger partial charge in [0.1, 0.15) is 0 Å². The number of oxazole rings is 1. The minimum Gasteiger partial charge on any atom is -0.439 e. The molecule has 7 heteroatoms. The minimum absolute atomic E-state index is 0.226. The molecule has 3 aromatic rings. The van der Waals surface area contributed by atoms with Crippen LogP contribution in [0.4, 0.5) is 0 Å². The van der Waals surface area contributed by atoms with Gasteiger partial charge in [-0.3, -0.25) is 9.79 Å². The fourth-order valence-corrected chi connectivity index (χ4v) is 3.98. The average Bonchev–Trinajstić information content (AvgIpc) is 3.45. The molecular weight excluding hydrogens is 414 g/mol. The van der Waals surface area contributed by atoms with Gasteiger partial charge in [-0.15, -0.1) is 0 Å². The molecule has 2 aromatic carbocycles. The monoisotopic (exact) mass is 445 g/mol. The lowest BCUT2D eigenvalue weighted by atomic mass is 10.1. The number of rotatable bonds is 8. The predicted molar refractivity (Wildman–Crippen MR) is 130 cm³/mol. The molecule has 0 spiro atoms. The summed E-state index contributed by atoms with van der Waals surface area (Å²) in [6.45, 7) is 4.71. The summed E-state index contributed by atoms with van der Waals surface area (Å²) in [4.78, 5) is 23.0. The van der Waals surface area contributed by atoms with E-state index >= 15 is 0 Å². The second-order valence-corrected chi connectivity index (χ2v) is 8.44. The second-order valence-electron chi connectivity index (χ2n) is 8.44. The van der Waals surface area contributed by atoms with Crippen LogP contribution in [0.1, 0.15) is 23.4 Å². The quantitative estimate of drug-likeness (QED) is 0.410. The molecule has 1 unspecified atom stereocenters. The fraction of sp³-hybridized carbons (Fsp3) is 0.346. The normalized spacial score (nSPS) is 16.3. The largest absolute Gasteiger partial charge is 0.439 e. The van der Waals surface area contributed by atoms with E-state index in [1.807, 2.05) is 35.2 Å². The highest BCUT2D eigenvalue weighted by molar-refractivity contribution is 5.80. The zero-order chi connectivity index (χ0) is 23.0. The molecule has 1 saturated heterocycles. The van der Waals surface area contributed by atoms with Gasteiger partial charge < -0.3 is 20.0 Å². The number of nitrogens with zero attached hydrogens (tertiary/aromatic N) is 3. The highest BCUT2D eigenvalue weighted by Gasteiger charge is 2.29. The summed E-state index contributed by atoms with van der Waals surface area (Å²) in [5.41, 5.74) is 3.47. The van der Waals surface area contributed by atoms with Crippen LogP contribution in [0.5, 0.6) is 0 Å². The van der Waals surface area contributed by atoms with Crippen molar-refractivity contribution < 1.29 is 9.21 Å². The SMILES string of the molecule is CN=C(NCc1ncc(-c2ccc(C)cc2)o1)NCC1CC(=O)N(CCc2ccccc2)C1. The summed E-state index contributed by atoms with van der Waals surface area (Å²) in [6, 6.07) is 18.5. The van der Waals surface area contributed by atoms with Gasteiger partial charge in [-0.1, -0.05) is 60.2 Å². The molecule has 0 bridgehead atoms. The number of aromatic nitrogens is 1. The van der Waals surface area contributed by atoms with Gasteiger partial charge >= 0.3 is 0 Å². The van der Waals surface area contributed by atoms with Gasteiger partial charge in [0.05, 0.1) is 12.7 Å². The van der Waals surface area contributed by atoms with E-state index in [9.17, 15) is 4.79 Å². The Morgan fingerprint density at radius 2 is 1.94 bits per heavy atom. The lowest BCUT2D eigenvalue weighted by molar-refractivity contribution is -0.127. The van der Waals surface area contributed by atoms with E-state index in [1.54, 1.807) is 13.2 Å². The average molecular weight is 446 g/mol. The van der Waals surface area contributed by atoms with Crippen LogP contribution in [0.15, 0.2) is 70.2 Å². The van der Waals surface area contributed by atoms with Gasteiger partial charge in [-0.2, -0.15) is 0 Å². The number of nitrogens with one attached hydrogen (secondary N) is 2. The number of benzene rings is 2. The van der Waals surface area contributed by atoms with Crippen LogP contribution in [0.3, 0.4) is 0 Å². The van der Waals surface area contributed by atoms with E-state index in [2.05, 4.69) is 51.8 Å². The van der Waals surface area contributed by atoms with Crippen LogP contribution < -0.4 is 10.6 Å². The van der Waals surface area contributed by atoms with Crippen LogP contribution in [0.2, 0.25) is 0 Å². The third kappa shape index (κ3) is 6.22. The molecule has 1 aromatic heterocycles. The van der Waals surface area contributed by atoms with Gasteiger partial charge in [0, 0.05) is 44.6 Å². The number of hydrogen-bond donors (Lipinski definition) is 2. The van der Waals surface area contributed by atoms with Gasteiger partial charge in [0.25, 0.3) is 0 Å². The zero-order valence-corrected chi connectivity index (χ0v) is 19.3. The number of aryl methyl sites for hydroxylation is 1. The van der Waals surface area contributed by atoms with Crippen molar-refractivity contribution in [3.8, 4) is 11.3 Å². The molecule has 7 nitrogen and oxygen atoms in total. The molecule has 33 heavy (non-hydrogen) atoms.